The van der Waals surface area contributed by atoms with Crippen LogP contribution in [-0.2, 0) is 6.42 Å². The van der Waals surface area contributed by atoms with Crippen molar-refractivity contribution in [2.75, 3.05) is 6.54 Å². The second kappa shape index (κ2) is 6.59. The number of likely N-dealkylation sites (N-methyl/N-ethyl adjacent to an activating group) is 1. The molecule has 0 saturated heterocycles. The van der Waals surface area contributed by atoms with Gasteiger partial charge in [0, 0.05) is 29.0 Å². The molecule has 0 bridgehead atoms. The zero-order valence-electron chi connectivity index (χ0n) is 10.6. The molecule has 0 saturated carbocycles. The third kappa shape index (κ3) is 3.72. The first-order valence-electron chi connectivity index (χ1n) is 6.13. The first kappa shape index (κ1) is 13.9. The lowest BCUT2D eigenvalue weighted by Crippen LogP contribution is -2.23. The molecule has 19 heavy (non-hydrogen) atoms. The largest absolute Gasteiger partial charge is 0.310 e. The van der Waals surface area contributed by atoms with Gasteiger partial charge in [0.05, 0.1) is 0 Å². The van der Waals surface area contributed by atoms with Crippen LogP contribution in [0.25, 0.3) is 0 Å². The predicted octanol–water partition coefficient (Wildman–Crippen LogP) is 3.16. The van der Waals surface area contributed by atoms with Gasteiger partial charge < -0.3 is 5.32 Å². The average Bonchev–Trinajstić information content (AvgIpc) is 2.42. The summed E-state index contributed by atoms with van der Waals surface area (Å²) in [5, 5.41) is 3.72. The Hall–Kier alpha value is -1.52. The van der Waals surface area contributed by atoms with Gasteiger partial charge in [0.25, 0.3) is 0 Å². The van der Waals surface area contributed by atoms with E-state index in [1.165, 1.54) is 12.4 Å². The van der Waals surface area contributed by atoms with Crippen molar-refractivity contribution >= 4 is 11.6 Å². The molecular weight excluding hydrogens is 265 g/mol. The standard InChI is InChI=1S/C14H15ClFN3/c1-2-19-14(11-7-17-9-18-8-11)5-10-3-4-12(15)6-13(10)16/h3-4,6-9,14,19H,2,5H2,1H3. The number of nitrogens with one attached hydrogen (secondary N) is 1. The Kier molecular flexibility index (Phi) is 4.82. The van der Waals surface area contributed by atoms with Crippen molar-refractivity contribution in [1.82, 2.24) is 15.3 Å². The number of benzene rings is 1. The molecule has 0 aliphatic rings. The van der Waals surface area contributed by atoms with Crippen LogP contribution in [0.2, 0.25) is 5.02 Å². The van der Waals surface area contributed by atoms with Gasteiger partial charge >= 0.3 is 0 Å². The van der Waals surface area contributed by atoms with Crippen molar-refractivity contribution in [1.29, 1.82) is 0 Å². The summed E-state index contributed by atoms with van der Waals surface area (Å²) in [5.74, 6) is -0.285. The van der Waals surface area contributed by atoms with Gasteiger partial charge in [0.15, 0.2) is 0 Å². The Labute approximate surface area is 116 Å². The van der Waals surface area contributed by atoms with Crippen molar-refractivity contribution < 1.29 is 4.39 Å². The minimum absolute atomic E-state index is 0.0122. The first-order valence-corrected chi connectivity index (χ1v) is 6.50. The monoisotopic (exact) mass is 279 g/mol. The molecule has 3 nitrogen and oxygen atoms in total. The van der Waals surface area contributed by atoms with Crippen molar-refractivity contribution in [2.45, 2.75) is 19.4 Å². The van der Waals surface area contributed by atoms with Crippen LogP contribution in [-0.4, -0.2) is 16.5 Å². The Bertz CT molecular complexity index is 533. The summed E-state index contributed by atoms with van der Waals surface area (Å²) in [5.41, 5.74) is 1.57. The third-order valence-electron chi connectivity index (χ3n) is 2.87. The van der Waals surface area contributed by atoms with Crippen LogP contribution in [0.5, 0.6) is 0 Å². The highest BCUT2D eigenvalue weighted by Crippen LogP contribution is 2.21. The zero-order chi connectivity index (χ0) is 13.7. The van der Waals surface area contributed by atoms with Crippen LogP contribution < -0.4 is 5.32 Å². The van der Waals surface area contributed by atoms with Gasteiger partial charge in [-0.15, -0.1) is 0 Å². The lowest BCUT2D eigenvalue weighted by molar-refractivity contribution is 0.525. The Balaban J connectivity index is 2.21. The fourth-order valence-corrected chi connectivity index (χ4v) is 2.11. The predicted molar refractivity (Wildman–Crippen MR) is 73.6 cm³/mol. The lowest BCUT2D eigenvalue weighted by Gasteiger charge is -2.18. The minimum atomic E-state index is -0.285. The lowest BCUT2D eigenvalue weighted by atomic mass is 10.0. The van der Waals surface area contributed by atoms with E-state index in [9.17, 15) is 4.39 Å². The molecule has 1 heterocycles. The van der Waals surface area contributed by atoms with Crippen molar-refractivity contribution in [3.8, 4) is 0 Å². The average molecular weight is 280 g/mol. The Morgan fingerprint density at radius 3 is 2.68 bits per heavy atom. The summed E-state index contributed by atoms with van der Waals surface area (Å²) < 4.78 is 13.8. The van der Waals surface area contributed by atoms with E-state index >= 15 is 0 Å². The molecule has 0 radical (unpaired) electrons. The van der Waals surface area contributed by atoms with E-state index in [0.717, 1.165) is 12.1 Å². The molecule has 2 rings (SSSR count). The zero-order valence-corrected chi connectivity index (χ0v) is 11.4. The maximum Gasteiger partial charge on any atom is 0.127 e. The molecule has 1 aromatic carbocycles. The SMILES string of the molecule is CCNC(Cc1ccc(Cl)cc1F)c1cncnc1. The van der Waals surface area contributed by atoms with Crippen LogP contribution in [0.3, 0.4) is 0 Å². The van der Waals surface area contributed by atoms with E-state index in [-0.39, 0.29) is 11.9 Å². The second-order valence-corrected chi connectivity index (χ2v) is 4.66. The highest BCUT2D eigenvalue weighted by atomic mass is 35.5. The quantitative estimate of drug-likeness (QED) is 0.914. The number of rotatable bonds is 5. The van der Waals surface area contributed by atoms with Gasteiger partial charge in [0.2, 0.25) is 0 Å². The number of aromatic nitrogens is 2. The van der Waals surface area contributed by atoms with Gasteiger partial charge in [-0.05, 0) is 30.7 Å². The van der Waals surface area contributed by atoms with Crippen LogP contribution >= 0.6 is 11.6 Å². The summed E-state index contributed by atoms with van der Waals surface area (Å²) in [6.07, 6.45) is 5.50. The summed E-state index contributed by atoms with van der Waals surface area (Å²) in [4.78, 5) is 8.00. The van der Waals surface area contributed by atoms with E-state index in [1.807, 2.05) is 6.92 Å². The molecule has 1 N–H and O–H groups in total. The summed E-state index contributed by atoms with van der Waals surface area (Å²) in [7, 11) is 0. The van der Waals surface area contributed by atoms with Crippen LogP contribution in [0.4, 0.5) is 4.39 Å². The second-order valence-electron chi connectivity index (χ2n) is 4.22. The van der Waals surface area contributed by atoms with Crippen LogP contribution in [0.1, 0.15) is 24.1 Å². The number of halogens is 2. The fourth-order valence-electron chi connectivity index (χ4n) is 1.95. The topological polar surface area (TPSA) is 37.8 Å². The van der Waals surface area contributed by atoms with E-state index < -0.39 is 0 Å². The number of hydrogen-bond acceptors (Lipinski definition) is 3. The molecule has 0 spiro atoms. The first-order chi connectivity index (χ1) is 9.20. The van der Waals surface area contributed by atoms with Gasteiger partial charge in [-0.3, -0.25) is 0 Å². The van der Waals surface area contributed by atoms with Crippen molar-refractivity contribution in [3.05, 3.63) is 58.9 Å². The van der Waals surface area contributed by atoms with Gasteiger partial charge in [0.1, 0.15) is 12.1 Å². The van der Waals surface area contributed by atoms with E-state index in [2.05, 4.69) is 15.3 Å². The van der Waals surface area contributed by atoms with E-state index in [1.54, 1.807) is 24.5 Å². The van der Waals surface area contributed by atoms with Gasteiger partial charge in [-0.1, -0.05) is 24.6 Å². The minimum Gasteiger partial charge on any atom is -0.310 e. The number of nitrogens with zero attached hydrogens (tertiary/aromatic N) is 2. The van der Waals surface area contributed by atoms with Gasteiger partial charge in [-0.25, -0.2) is 14.4 Å². The summed E-state index contributed by atoms with van der Waals surface area (Å²) >= 11 is 5.76. The maximum absolute atomic E-state index is 13.8. The molecule has 1 atom stereocenters. The highest BCUT2D eigenvalue weighted by Gasteiger charge is 2.14. The molecule has 0 amide bonds. The number of hydrogen-bond donors (Lipinski definition) is 1. The molecule has 1 aromatic heterocycles. The summed E-state index contributed by atoms with van der Waals surface area (Å²) in [6, 6.07) is 4.74. The van der Waals surface area contributed by atoms with Gasteiger partial charge in [-0.2, -0.15) is 0 Å². The smallest absolute Gasteiger partial charge is 0.127 e. The molecule has 2 aromatic rings. The van der Waals surface area contributed by atoms with E-state index in [4.69, 9.17) is 11.6 Å². The molecule has 0 aliphatic carbocycles. The molecule has 0 aliphatic heterocycles. The molecule has 5 heteroatoms. The van der Waals surface area contributed by atoms with Crippen LogP contribution in [0.15, 0.2) is 36.9 Å². The third-order valence-corrected chi connectivity index (χ3v) is 3.11. The van der Waals surface area contributed by atoms with E-state index in [0.29, 0.717) is 17.0 Å². The maximum atomic E-state index is 13.8. The normalized spacial score (nSPS) is 12.4. The highest BCUT2D eigenvalue weighted by molar-refractivity contribution is 6.30. The molecular formula is C14H15ClFN3. The molecule has 0 fully saturated rings. The molecule has 100 valence electrons. The Morgan fingerprint density at radius 2 is 2.05 bits per heavy atom. The Morgan fingerprint density at radius 1 is 1.32 bits per heavy atom. The molecule has 1 unspecified atom stereocenters. The summed E-state index contributed by atoms with van der Waals surface area (Å²) in [6.45, 7) is 2.80. The van der Waals surface area contributed by atoms with Crippen LogP contribution in [0, 0.1) is 5.82 Å². The van der Waals surface area contributed by atoms with Crippen molar-refractivity contribution in [3.63, 3.8) is 0 Å². The fraction of sp³-hybridized carbons (Fsp3) is 0.286. The van der Waals surface area contributed by atoms with Crippen molar-refractivity contribution in [2.24, 2.45) is 0 Å².